The maximum atomic E-state index is 17.0. The summed E-state index contributed by atoms with van der Waals surface area (Å²) in [6, 6.07) is 0.949. The van der Waals surface area contributed by atoms with Gasteiger partial charge in [-0.1, -0.05) is 33.6 Å². The summed E-state index contributed by atoms with van der Waals surface area (Å²) < 4.78 is 113. The number of fused-ring (bicyclic) bond motifs is 6. The molecule has 4 aromatic rings. The van der Waals surface area contributed by atoms with Gasteiger partial charge in [0.05, 0.1) is 52.2 Å². The van der Waals surface area contributed by atoms with E-state index in [2.05, 4.69) is 26.5 Å². The Labute approximate surface area is 453 Å². The van der Waals surface area contributed by atoms with Crippen LogP contribution in [0.25, 0.3) is 33.4 Å². The Bertz CT molecular complexity index is 2930. The number of pyridine rings is 1. The topological polar surface area (TPSA) is 154 Å². The van der Waals surface area contributed by atoms with Gasteiger partial charge in [-0.2, -0.15) is 26.3 Å². The predicted molar refractivity (Wildman–Crippen MR) is 280 cm³/mol. The molecule has 0 unspecified atom stereocenters. The van der Waals surface area contributed by atoms with Crippen LogP contribution in [0.4, 0.5) is 36.4 Å². The number of nitrogens with one attached hydrogen (secondary N) is 2. The fourth-order valence-electron chi connectivity index (χ4n) is 11.2. The van der Waals surface area contributed by atoms with Gasteiger partial charge in [0.1, 0.15) is 30.5 Å². The summed E-state index contributed by atoms with van der Waals surface area (Å²) in [5.74, 6) is -1.20. The molecule has 2 N–H and O–H groups in total. The summed E-state index contributed by atoms with van der Waals surface area (Å²) in [6.45, 7) is 10.1. The number of piperazine rings is 1. The third-order valence-corrected chi connectivity index (χ3v) is 16.2. The molecule has 6 heterocycles. The van der Waals surface area contributed by atoms with Crippen molar-refractivity contribution in [3.05, 3.63) is 51.9 Å². The average molecular weight is 1120 g/mol. The van der Waals surface area contributed by atoms with Crippen molar-refractivity contribution in [2.45, 2.75) is 129 Å². The Kier molecular flexibility index (Phi) is 17.6. The number of rotatable bonds is 10. The van der Waals surface area contributed by atoms with E-state index in [0.29, 0.717) is 47.4 Å². The van der Waals surface area contributed by atoms with Gasteiger partial charge in [0.2, 0.25) is 11.8 Å². The van der Waals surface area contributed by atoms with Crippen LogP contribution in [0, 0.1) is 40.8 Å². The molecule has 4 aliphatic rings. The predicted octanol–water partition coefficient (Wildman–Crippen LogP) is 8.49. The lowest BCUT2D eigenvalue weighted by atomic mass is 9.81. The van der Waals surface area contributed by atoms with Gasteiger partial charge in [0.25, 0.3) is 5.91 Å². The molecular weight excluding hydrogens is 1050 g/mol. The first-order valence-corrected chi connectivity index (χ1v) is 27.3. The molecule has 4 atom stereocenters. The molecule has 1 saturated carbocycles. The van der Waals surface area contributed by atoms with E-state index in [-0.39, 0.29) is 91.5 Å². The Morgan fingerprint density at radius 3 is 2.36 bits per heavy atom. The van der Waals surface area contributed by atoms with Gasteiger partial charge in [-0.15, -0.1) is 11.3 Å². The Morgan fingerprint density at radius 1 is 1.00 bits per heavy atom. The van der Waals surface area contributed by atoms with Crippen molar-refractivity contribution in [2.24, 2.45) is 23.2 Å². The number of hydrogen-bond donors (Lipinski definition) is 2. The molecule has 3 aromatic heterocycles. The quantitative estimate of drug-likeness (QED) is 0.0893. The van der Waals surface area contributed by atoms with E-state index in [1.165, 1.54) is 36.1 Å². The number of hydrazine groups is 1. The second-order valence-electron chi connectivity index (χ2n) is 22.3. The standard InChI is InChI=1S/C55H68F7N9O6S/c1-31(2)47(68(7)50(73)34-13-11-33(12-14-34)15-16-54(57,58)59)49(72)65-42-25-45-64-43(28-78-45)37-23-36-39(26-53(4,5)30-77-52(75)41-10-9-17-71(66-41)51(42)74)48(70(29-55(60,61)62)44(36)24-40(37)56)38-22-35(27-63-46(38)32(3)76-8)69-20-18-67(6)19-21-69/h22-24,27-28,31-34,41-42,47,66H,9-14,17-21,25-26,29-30H2,1-8H3,(H,65,72)/t32-,33?,34?,41-,42-,47-/m0/s1. The SMILES string of the molecule is CO[C@@H](C)c1ncc(N2CCN(C)CC2)cc1-c1c2c3cc(c(F)cc3n1CC(F)(F)F)-c1csc(n1)C[C@H](NC(=O)[C@H](C(C)C)N(C)C(=O)C1CCC(C#CC(F)(F)F)CC1)C(=O)N1CCC[C@H](N1)C(=O)OCC(C)(C)C2. The lowest BCUT2D eigenvalue weighted by Crippen LogP contribution is -2.62. The molecule has 3 fully saturated rings. The highest BCUT2D eigenvalue weighted by Gasteiger charge is 2.41. The van der Waals surface area contributed by atoms with Crippen LogP contribution in [-0.2, 0) is 48.0 Å². The zero-order chi connectivity index (χ0) is 56.6. The molecular formula is C55H68F7N9O6S. The number of benzene rings is 1. The van der Waals surface area contributed by atoms with Crippen molar-refractivity contribution < 1.29 is 59.4 Å². The number of ether oxygens (including phenoxy) is 2. The van der Waals surface area contributed by atoms with Crippen molar-refractivity contribution in [1.29, 1.82) is 0 Å². The van der Waals surface area contributed by atoms with Gasteiger partial charge in [0, 0.05) is 98.4 Å². The summed E-state index contributed by atoms with van der Waals surface area (Å²) in [5.41, 5.74) is 4.11. The Hall–Kier alpha value is -5.83. The molecule has 3 aliphatic heterocycles. The molecule has 424 valence electrons. The number of methoxy groups -OCH3 is 1. The number of anilines is 1. The number of esters is 1. The van der Waals surface area contributed by atoms with Gasteiger partial charge < -0.3 is 34.1 Å². The fraction of sp³-hybridized carbons (Fsp3) is 0.600. The zero-order valence-corrected chi connectivity index (χ0v) is 46.0. The van der Waals surface area contributed by atoms with Crippen LogP contribution in [0.2, 0.25) is 0 Å². The molecule has 6 bridgehead atoms. The van der Waals surface area contributed by atoms with E-state index in [0.717, 1.165) is 35.1 Å². The number of nitrogens with zero attached hydrogens (tertiary/aromatic N) is 7. The molecule has 0 radical (unpaired) electrons. The van der Waals surface area contributed by atoms with Crippen LogP contribution in [0.3, 0.4) is 0 Å². The number of likely N-dealkylation sites (N-methyl/N-ethyl adjacent to an activating group) is 2. The second kappa shape index (κ2) is 23.5. The maximum absolute atomic E-state index is 17.0. The van der Waals surface area contributed by atoms with Crippen molar-refractivity contribution in [2.75, 3.05) is 65.4 Å². The molecule has 2 saturated heterocycles. The van der Waals surface area contributed by atoms with Gasteiger partial charge in [-0.3, -0.25) is 29.2 Å². The molecule has 3 amide bonds. The largest absolute Gasteiger partial charge is 0.464 e. The first kappa shape index (κ1) is 58.3. The summed E-state index contributed by atoms with van der Waals surface area (Å²) >= 11 is 1.08. The fourth-order valence-corrected chi connectivity index (χ4v) is 12.0. The first-order valence-electron chi connectivity index (χ1n) is 26.4. The number of cyclic esters (lactones) is 1. The highest BCUT2D eigenvalue weighted by atomic mass is 32.1. The normalized spacial score (nSPS) is 22.6. The van der Waals surface area contributed by atoms with Crippen LogP contribution in [-0.4, -0.2) is 144 Å². The highest BCUT2D eigenvalue weighted by Crippen LogP contribution is 2.45. The van der Waals surface area contributed by atoms with E-state index in [9.17, 15) is 32.3 Å². The Morgan fingerprint density at radius 2 is 1.71 bits per heavy atom. The third-order valence-electron chi connectivity index (χ3n) is 15.3. The van der Waals surface area contributed by atoms with Crippen LogP contribution in [0.15, 0.2) is 29.8 Å². The molecule has 15 nitrogen and oxygen atoms in total. The van der Waals surface area contributed by atoms with Crippen molar-refractivity contribution >= 4 is 51.6 Å². The van der Waals surface area contributed by atoms with Gasteiger partial charge in [-0.05, 0) is 88.6 Å². The molecule has 1 aliphatic carbocycles. The molecule has 0 spiro atoms. The number of carbonyl (C=O) groups is 4. The van der Waals surface area contributed by atoms with Crippen LogP contribution < -0.4 is 15.6 Å². The Balaban J connectivity index is 1.20. The molecule has 78 heavy (non-hydrogen) atoms. The van der Waals surface area contributed by atoms with Crippen molar-refractivity contribution in [1.82, 2.24) is 40.1 Å². The summed E-state index contributed by atoms with van der Waals surface area (Å²) in [6.07, 6.45) is -6.81. The summed E-state index contributed by atoms with van der Waals surface area (Å²) in [7, 11) is 4.97. The molecule has 1 aromatic carbocycles. The number of aromatic nitrogens is 3. The molecule has 23 heteroatoms. The number of carbonyl (C=O) groups excluding carboxylic acids is 4. The smallest absolute Gasteiger partial charge is 0.457 e. The average Bonchev–Trinajstić information content (AvgIpc) is 4.12. The van der Waals surface area contributed by atoms with Gasteiger partial charge in [-0.25, -0.2) is 14.8 Å². The van der Waals surface area contributed by atoms with Crippen LogP contribution >= 0.6 is 11.3 Å². The van der Waals surface area contributed by atoms with Crippen LogP contribution in [0.5, 0.6) is 0 Å². The van der Waals surface area contributed by atoms with Gasteiger partial charge >= 0.3 is 18.3 Å². The summed E-state index contributed by atoms with van der Waals surface area (Å²) in [4.78, 5) is 72.5. The van der Waals surface area contributed by atoms with Crippen molar-refractivity contribution in [3.63, 3.8) is 0 Å². The number of hydrogen-bond acceptors (Lipinski definition) is 12. The lowest BCUT2D eigenvalue weighted by molar-refractivity contribution is -0.155. The highest BCUT2D eigenvalue weighted by molar-refractivity contribution is 7.10. The first-order chi connectivity index (χ1) is 36.7. The van der Waals surface area contributed by atoms with Gasteiger partial charge in [0.15, 0.2) is 0 Å². The van der Waals surface area contributed by atoms with E-state index in [1.54, 1.807) is 32.3 Å². The monoisotopic (exact) mass is 1120 g/mol. The lowest BCUT2D eigenvalue weighted by Gasteiger charge is -2.37. The van der Waals surface area contributed by atoms with Crippen molar-refractivity contribution in [3.8, 4) is 34.4 Å². The second-order valence-corrected chi connectivity index (χ2v) is 23.2. The van der Waals surface area contributed by atoms with E-state index in [1.807, 2.05) is 27.0 Å². The third kappa shape index (κ3) is 13.4. The maximum Gasteiger partial charge on any atom is 0.457 e. The number of thiazole rings is 1. The number of halogens is 7. The van der Waals surface area contributed by atoms with Crippen LogP contribution in [0.1, 0.15) is 95.5 Å². The van der Waals surface area contributed by atoms with E-state index < -0.39 is 89.9 Å². The number of alkyl halides is 6. The molecule has 8 rings (SSSR count). The minimum absolute atomic E-state index is 0.0315. The zero-order valence-electron chi connectivity index (χ0n) is 45.2. The van der Waals surface area contributed by atoms with E-state index >= 15 is 17.6 Å². The number of amides is 3. The minimum Gasteiger partial charge on any atom is -0.464 e. The van der Waals surface area contributed by atoms with E-state index in [4.69, 9.17) is 19.4 Å². The minimum atomic E-state index is -4.77. The summed E-state index contributed by atoms with van der Waals surface area (Å²) in [5, 5.41) is 6.27.